The van der Waals surface area contributed by atoms with E-state index in [-0.39, 0.29) is 18.1 Å². The Bertz CT molecular complexity index is 1080. The van der Waals surface area contributed by atoms with Crippen LogP contribution < -0.4 is 5.32 Å². The minimum absolute atomic E-state index is 0.151. The molecule has 4 aromatic rings. The van der Waals surface area contributed by atoms with E-state index in [0.717, 1.165) is 10.7 Å². The number of nitrogens with one attached hydrogen (secondary N) is 1. The molecule has 4 rings (SSSR count). The first-order valence-corrected chi connectivity index (χ1v) is 9.80. The first-order valence-electron chi connectivity index (χ1n) is 8.04. The molecule has 0 unspecified atom stereocenters. The summed E-state index contributed by atoms with van der Waals surface area (Å²) >= 11 is 2.75. The van der Waals surface area contributed by atoms with Crippen LogP contribution in [-0.4, -0.2) is 20.9 Å². The summed E-state index contributed by atoms with van der Waals surface area (Å²) in [7, 11) is 0. The van der Waals surface area contributed by atoms with Gasteiger partial charge in [-0.05, 0) is 24.3 Å². The molecule has 3 heterocycles. The molecular formula is C19H13FN4OS2. The number of hydrogen-bond donors (Lipinski definition) is 1. The molecule has 1 N–H and O–H groups in total. The Morgan fingerprint density at radius 2 is 1.96 bits per heavy atom. The Hall–Kier alpha value is -2.97. The fourth-order valence-corrected chi connectivity index (χ4v) is 3.97. The summed E-state index contributed by atoms with van der Waals surface area (Å²) in [5.74, 6) is -0.522. The van der Waals surface area contributed by atoms with E-state index in [1.165, 1.54) is 34.8 Å². The summed E-state index contributed by atoms with van der Waals surface area (Å²) < 4.78 is 13.3. The molecule has 134 valence electrons. The minimum Gasteiger partial charge on any atom is -0.302 e. The standard InChI is InChI=1S/C19H13FN4OS2/c20-13-5-3-4-12(8-13)16-11-27-19(23-16)24-17(25)9-14-10-26-18(22-14)15-6-1-2-7-21-15/h1-8,10-11H,9H2,(H,23,24,25). The number of thiazole rings is 2. The maximum absolute atomic E-state index is 13.3. The van der Waals surface area contributed by atoms with Gasteiger partial charge < -0.3 is 5.32 Å². The van der Waals surface area contributed by atoms with Gasteiger partial charge in [0.1, 0.15) is 10.8 Å². The van der Waals surface area contributed by atoms with Crippen LogP contribution in [0.1, 0.15) is 5.69 Å². The van der Waals surface area contributed by atoms with Crippen molar-refractivity contribution in [2.24, 2.45) is 0 Å². The number of amides is 1. The van der Waals surface area contributed by atoms with Gasteiger partial charge in [0, 0.05) is 22.5 Å². The highest BCUT2D eigenvalue weighted by atomic mass is 32.1. The highest BCUT2D eigenvalue weighted by Gasteiger charge is 2.12. The van der Waals surface area contributed by atoms with E-state index >= 15 is 0 Å². The number of carbonyl (C=O) groups excluding carboxylic acids is 1. The first-order chi connectivity index (χ1) is 13.2. The van der Waals surface area contributed by atoms with Crippen LogP contribution in [0.3, 0.4) is 0 Å². The number of carbonyl (C=O) groups is 1. The third-order valence-corrected chi connectivity index (χ3v) is 5.32. The summed E-state index contributed by atoms with van der Waals surface area (Å²) in [4.78, 5) is 25.3. The summed E-state index contributed by atoms with van der Waals surface area (Å²) in [6.45, 7) is 0. The second kappa shape index (κ2) is 7.73. The van der Waals surface area contributed by atoms with Crippen molar-refractivity contribution in [2.45, 2.75) is 6.42 Å². The van der Waals surface area contributed by atoms with E-state index in [1.54, 1.807) is 23.7 Å². The lowest BCUT2D eigenvalue weighted by Gasteiger charge is -2.00. The number of aromatic nitrogens is 3. The normalized spacial score (nSPS) is 10.7. The van der Waals surface area contributed by atoms with Crippen LogP contribution in [-0.2, 0) is 11.2 Å². The Kier molecular flexibility index (Phi) is 4.99. The molecule has 0 spiro atoms. The maximum atomic E-state index is 13.3. The predicted octanol–water partition coefficient (Wildman–Crippen LogP) is 4.65. The summed E-state index contributed by atoms with van der Waals surface area (Å²) in [6, 6.07) is 11.8. The van der Waals surface area contributed by atoms with Crippen molar-refractivity contribution in [1.82, 2.24) is 15.0 Å². The Morgan fingerprint density at radius 3 is 2.78 bits per heavy atom. The molecule has 0 radical (unpaired) electrons. The van der Waals surface area contributed by atoms with E-state index in [9.17, 15) is 9.18 Å². The second-order valence-electron chi connectivity index (χ2n) is 5.63. The van der Waals surface area contributed by atoms with Gasteiger partial charge in [-0.25, -0.2) is 14.4 Å². The highest BCUT2D eigenvalue weighted by Crippen LogP contribution is 2.26. The summed E-state index contributed by atoms with van der Waals surface area (Å²) in [6.07, 6.45) is 1.86. The zero-order chi connectivity index (χ0) is 18.6. The molecule has 0 aliphatic heterocycles. The van der Waals surface area contributed by atoms with Crippen LogP contribution >= 0.6 is 22.7 Å². The fraction of sp³-hybridized carbons (Fsp3) is 0.0526. The minimum atomic E-state index is -0.321. The quantitative estimate of drug-likeness (QED) is 0.533. The zero-order valence-corrected chi connectivity index (χ0v) is 15.6. The Balaban J connectivity index is 1.41. The average molecular weight is 396 g/mol. The zero-order valence-electron chi connectivity index (χ0n) is 13.9. The van der Waals surface area contributed by atoms with Crippen molar-refractivity contribution >= 4 is 33.7 Å². The van der Waals surface area contributed by atoms with Crippen molar-refractivity contribution in [2.75, 3.05) is 5.32 Å². The topological polar surface area (TPSA) is 67.8 Å². The molecule has 0 aliphatic rings. The SMILES string of the molecule is O=C(Cc1csc(-c2ccccn2)n1)Nc1nc(-c2cccc(F)c2)cs1. The van der Waals surface area contributed by atoms with Crippen molar-refractivity contribution in [1.29, 1.82) is 0 Å². The fourth-order valence-electron chi connectivity index (χ4n) is 2.43. The molecule has 0 aliphatic carbocycles. The second-order valence-corrected chi connectivity index (χ2v) is 7.35. The van der Waals surface area contributed by atoms with Crippen LogP contribution in [0.15, 0.2) is 59.4 Å². The van der Waals surface area contributed by atoms with E-state index < -0.39 is 0 Å². The Morgan fingerprint density at radius 1 is 1.04 bits per heavy atom. The number of benzene rings is 1. The maximum Gasteiger partial charge on any atom is 0.232 e. The summed E-state index contributed by atoms with van der Waals surface area (Å²) in [5.41, 5.74) is 2.76. The molecule has 3 aromatic heterocycles. The van der Waals surface area contributed by atoms with Gasteiger partial charge in [-0.1, -0.05) is 18.2 Å². The van der Waals surface area contributed by atoms with Gasteiger partial charge in [0.25, 0.3) is 0 Å². The van der Waals surface area contributed by atoms with Gasteiger partial charge in [0.15, 0.2) is 5.13 Å². The molecule has 0 atom stereocenters. The van der Waals surface area contributed by atoms with Crippen LogP contribution in [0.4, 0.5) is 9.52 Å². The molecular weight excluding hydrogens is 383 g/mol. The first kappa shape index (κ1) is 17.4. The molecule has 0 bridgehead atoms. The molecule has 0 fully saturated rings. The molecule has 27 heavy (non-hydrogen) atoms. The molecule has 1 aromatic carbocycles. The Labute approximate surface area is 162 Å². The van der Waals surface area contributed by atoms with E-state index in [2.05, 4.69) is 20.3 Å². The number of nitrogens with zero attached hydrogens (tertiary/aromatic N) is 3. The monoisotopic (exact) mass is 396 g/mol. The van der Waals surface area contributed by atoms with Gasteiger partial charge in [-0.15, -0.1) is 22.7 Å². The van der Waals surface area contributed by atoms with Gasteiger partial charge in [-0.3, -0.25) is 9.78 Å². The summed E-state index contributed by atoms with van der Waals surface area (Å²) in [5, 5.41) is 7.65. The molecule has 8 heteroatoms. The number of halogens is 1. The van der Waals surface area contributed by atoms with Crippen LogP contribution in [0.2, 0.25) is 0 Å². The third-order valence-electron chi connectivity index (χ3n) is 3.65. The number of rotatable bonds is 5. The largest absolute Gasteiger partial charge is 0.302 e. The van der Waals surface area contributed by atoms with E-state index in [1.807, 2.05) is 23.6 Å². The number of pyridine rings is 1. The number of hydrogen-bond acceptors (Lipinski definition) is 6. The molecule has 0 saturated carbocycles. The van der Waals surface area contributed by atoms with Gasteiger partial charge in [0.05, 0.1) is 23.5 Å². The van der Waals surface area contributed by atoms with Gasteiger partial charge in [0.2, 0.25) is 5.91 Å². The molecule has 5 nitrogen and oxygen atoms in total. The van der Waals surface area contributed by atoms with Crippen molar-refractivity contribution < 1.29 is 9.18 Å². The lowest BCUT2D eigenvalue weighted by Crippen LogP contribution is -2.14. The van der Waals surface area contributed by atoms with Gasteiger partial charge in [-0.2, -0.15) is 0 Å². The van der Waals surface area contributed by atoms with E-state index in [0.29, 0.717) is 22.1 Å². The van der Waals surface area contributed by atoms with E-state index in [4.69, 9.17) is 0 Å². The predicted molar refractivity (Wildman–Crippen MR) is 105 cm³/mol. The number of anilines is 1. The molecule has 1 amide bonds. The van der Waals surface area contributed by atoms with Crippen molar-refractivity contribution in [3.8, 4) is 22.0 Å². The molecule has 0 saturated heterocycles. The average Bonchev–Trinajstić information content (AvgIpc) is 3.32. The van der Waals surface area contributed by atoms with Crippen molar-refractivity contribution in [3.05, 3.63) is 70.9 Å². The van der Waals surface area contributed by atoms with Crippen LogP contribution in [0.5, 0.6) is 0 Å². The van der Waals surface area contributed by atoms with Crippen molar-refractivity contribution in [3.63, 3.8) is 0 Å². The smallest absolute Gasteiger partial charge is 0.232 e. The lowest BCUT2D eigenvalue weighted by atomic mass is 10.2. The highest BCUT2D eigenvalue weighted by molar-refractivity contribution is 7.14. The van der Waals surface area contributed by atoms with Crippen LogP contribution in [0.25, 0.3) is 22.0 Å². The van der Waals surface area contributed by atoms with Gasteiger partial charge >= 0.3 is 0 Å². The van der Waals surface area contributed by atoms with Crippen LogP contribution in [0, 0.1) is 5.82 Å². The lowest BCUT2D eigenvalue weighted by molar-refractivity contribution is -0.115. The third kappa shape index (κ3) is 4.24.